The van der Waals surface area contributed by atoms with Crippen molar-refractivity contribution in [2.45, 2.75) is 29.7 Å². The van der Waals surface area contributed by atoms with Crippen molar-refractivity contribution in [3.63, 3.8) is 0 Å². The average Bonchev–Trinajstić information content (AvgIpc) is 2.95. The second-order valence-electron chi connectivity index (χ2n) is 5.37. The first-order chi connectivity index (χ1) is 10.8. The number of aromatic nitrogens is 4. The van der Waals surface area contributed by atoms with Gasteiger partial charge in [0.1, 0.15) is 11.6 Å². The van der Waals surface area contributed by atoms with Gasteiger partial charge in [0.25, 0.3) is 0 Å². The topological polar surface area (TPSA) is 64.9 Å². The van der Waals surface area contributed by atoms with Crippen LogP contribution in [-0.4, -0.2) is 39.9 Å². The summed E-state index contributed by atoms with van der Waals surface area (Å²) in [4.78, 5) is 4.38. The molecular formula is C15H22ClN5OS. The quantitative estimate of drug-likeness (QED) is 0.831. The molecule has 23 heavy (non-hydrogen) atoms. The minimum Gasteiger partial charge on any atom is -0.495 e. The van der Waals surface area contributed by atoms with E-state index < -0.39 is 0 Å². The fourth-order valence-electron chi connectivity index (χ4n) is 2.74. The average molecular weight is 356 g/mol. The lowest BCUT2D eigenvalue weighted by Crippen LogP contribution is -2.27. The van der Waals surface area contributed by atoms with Gasteiger partial charge in [0.15, 0.2) is 5.16 Å². The molecule has 0 radical (unpaired) electrons. The van der Waals surface area contributed by atoms with Crippen LogP contribution in [0.4, 0.5) is 0 Å². The van der Waals surface area contributed by atoms with Crippen molar-refractivity contribution in [3.05, 3.63) is 29.8 Å². The fraction of sp³-hybridized carbons (Fsp3) is 0.533. The van der Waals surface area contributed by atoms with E-state index >= 15 is 0 Å². The van der Waals surface area contributed by atoms with Gasteiger partial charge in [-0.2, -0.15) is 0 Å². The van der Waals surface area contributed by atoms with Crippen molar-refractivity contribution in [3.8, 4) is 5.75 Å². The number of nitrogens with zero attached hydrogens (tertiary/aromatic N) is 4. The highest BCUT2D eigenvalue weighted by atomic mass is 35.5. The molecule has 126 valence electrons. The second-order valence-corrected chi connectivity index (χ2v) is 6.31. The van der Waals surface area contributed by atoms with Crippen molar-refractivity contribution in [1.29, 1.82) is 0 Å². The molecule has 3 heterocycles. The maximum Gasteiger partial charge on any atom is 0.191 e. The van der Waals surface area contributed by atoms with E-state index in [-0.39, 0.29) is 12.4 Å². The first-order valence-electron chi connectivity index (χ1n) is 7.50. The number of piperidine rings is 1. The molecular weight excluding hydrogens is 334 g/mol. The summed E-state index contributed by atoms with van der Waals surface area (Å²) in [5.41, 5.74) is 0.932. The van der Waals surface area contributed by atoms with Crippen molar-refractivity contribution < 1.29 is 4.74 Å². The van der Waals surface area contributed by atoms with Crippen LogP contribution in [0.5, 0.6) is 5.75 Å². The van der Waals surface area contributed by atoms with Gasteiger partial charge in [0, 0.05) is 24.9 Å². The highest BCUT2D eigenvalue weighted by Crippen LogP contribution is 2.29. The van der Waals surface area contributed by atoms with Gasteiger partial charge in [-0.05, 0) is 38.1 Å². The Hall–Kier alpha value is -1.31. The fourth-order valence-corrected chi connectivity index (χ4v) is 3.61. The highest BCUT2D eigenvalue weighted by Gasteiger charge is 2.21. The lowest BCUT2D eigenvalue weighted by Gasteiger charge is -2.21. The van der Waals surface area contributed by atoms with Crippen LogP contribution in [0.25, 0.3) is 0 Å². The Kier molecular flexibility index (Phi) is 6.68. The third-order valence-electron chi connectivity index (χ3n) is 3.98. The minimum absolute atomic E-state index is 0. The number of halogens is 1. The smallest absolute Gasteiger partial charge is 0.191 e. The van der Waals surface area contributed by atoms with E-state index in [2.05, 4.69) is 32.1 Å². The minimum atomic E-state index is 0. The van der Waals surface area contributed by atoms with Crippen molar-refractivity contribution in [2.24, 2.45) is 7.05 Å². The summed E-state index contributed by atoms with van der Waals surface area (Å²) in [6, 6.07) is 3.81. The van der Waals surface area contributed by atoms with E-state index in [9.17, 15) is 0 Å². The van der Waals surface area contributed by atoms with Crippen LogP contribution in [-0.2, 0) is 12.8 Å². The largest absolute Gasteiger partial charge is 0.495 e. The van der Waals surface area contributed by atoms with Crippen LogP contribution >= 0.6 is 24.2 Å². The maximum atomic E-state index is 5.34. The van der Waals surface area contributed by atoms with Crippen molar-refractivity contribution in [2.75, 3.05) is 20.2 Å². The summed E-state index contributed by atoms with van der Waals surface area (Å²) in [5, 5.41) is 13.1. The van der Waals surface area contributed by atoms with E-state index in [0.29, 0.717) is 5.92 Å². The molecule has 0 aromatic carbocycles. The lowest BCUT2D eigenvalue weighted by atomic mass is 9.97. The molecule has 1 aliphatic rings. The van der Waals surface area contributed by atoms with Crippen LogP contribution < -0.4 is 10.1 Å². The number of methoxy groups -OCH3 is 1. The molecule has 8 heteroatoms. The first kappa shape index (κ1) is 18.0. The number of hydrogen-bond acceptors (Lipinski definition) is 6. The number of ether oxygens (including phenoxy) is 1. The molecule has 1 saturated heterocycles. The Morgan fingerprint density at radius 3 is 2.87 bits per heavy atom. The normalized spacial score (nSPS) is 15.2. The molecule has 1 N–H and O–H groups in total. The molecule has 6 nitrogen and oxygen atoms in total. The number of nitrogens with one attached hydrogen (secondary N) is 1. The molecule has 0 amide bonds. The first-order valence-corrected chi connectivity index (χ1v) is 8.49. The molecule has 2 aromatic heterocycles. The van der Waals surface area contributed by atoms with Crippen LogP contribution in [0.15, 0.2) is 23.5 Å². The molecule has 1 aliphatic heterocycles. The van der Waals surface area contributed by atoms with Crippen molar-refractivity contribution in [1.82, 2.24) is 25.1 Å². The van der Waals surface area contributed by atoms with Gasteiger partial charge >= 0.3 is 0 Å². The standard InChI is InChI=1S/C15H21N5OS.ClH/c1-20-14(11-5-8-16-9-6-11)18-19-15(20)22-10-12-13(21-2)4-3-7-17-12;/h3-4,7,11,16H,5-6,8-10H2,1-2H3;1H. The zero-order valence-corrected chi connectivity index (χ0v) is 15.0. The Labute approximate surface area is 146 Å². The summed E-state index contributed by atoms with van der Waals surface area (Å²) in [6.07, 6.45) is 4.05. The van der Waals surface area contributed by atoms with Crippen LogP contribution in [0.3, 0.4) is 0 Å². The third-order valence-corrected chi connectivity index (χ3v) is 5.01. The molecule has 0 bridgehead atoms. The summed E-state index contributed by atoms with van der Waals surface area (Å²) < 4.78 is 7.46. The predicted octanol–water partition coefficient (Wildman–Crippen LogP) is 2.40. The summed E-state index contributed by atoms with van der Waals surface area (Å²) in [6.45, 7) is 2.12. The molecule has 1 fully saturated rings. The third kappa shape index (κ3) is 4.16. The molecule has 0 spiro atoms. The molecule has 0 unspecified atom stereocenters. The SMILES string of the molecule is COc1cccnc1CSc1nnc(C2CCNCC2)n1C.Cl. The highest BCUT2D eigenvalue weighted by molar-refractivity contribution is 7.98. The van der Waals surface area contributed by atoms with Gasteiger partial charge in [-0.15, -0.1) is 22.6 Å². The van der Waals surface area contributed by atoms with E-state index in [0.717, 1.165) is 54.1 Å². The predicted molar refractivity (Wildman–Crippen MR) is 93.4 cm³/mol. The van der Waals surface area contributed by atoms with E-state index in [1.54, 1.807) is 25.1 Å². The zero-order valence-electron chi connectivity index (χ0n) is 13.4. The van der Waals surface area contributed by atoms with E-state index in [1.807, 2.05) is 12.1 Å². The van der Waals surface area contributed by atoms with Gasteiger partial charge < -0.3 is 14.6 Å². The van der Waals surface area contributed by atoms with Crippen LogP contribution in [0.2, 0.25) is 0 Å². The van der Waals surface area contributed by atoms with Gasteiger partial charge in [-0.25, -0.2) is 0 Å². The Bertz CT molecular complexity index is 630. The van der Waals surface area contributed by atoms with Gasteiger partial charge in [0.05, 0.1) is 12.8 Å². The zero-order chi connectivity index (χ0) is 15.4. The number of hydrogen-bond donors (Lipinski definition) is 1. The van der Waals surface area contributed by atoms with E-state index in [4.69, 9.17) is 4.74 Å². The summed E-state index contributed by atoms with van der Waals surface area (Å²) in [5.74, 6) is 3.15. The Morgan fingerprint density at radius 1 is 1.35 bits per heavy atom. The summed E-state index contributed by atoms with van der Waals surface area (Å²) in [7, 11) is 3.72. The molecule has 0 atom stereocenters. The van der Waals surface area contributed by atoms with Gasteiger partial charge in [0.2, 0.25) is 0 Å². The molecule has 3 rings (SSSR count). The lowest BCUT2D eigenvalue weighted by molar-refractivity contribution is 0.409. The van der Waals surface area contributed by atoms with Gasteiger partial charge in [-0.3, -0.25) is 4.98 Å². The van der Waals surface area contributed by atoms with Crippen LogP contribution in [0.1, 0.15) is 30.3 Å². The Morgan fingerprint density at radius 2 is 2.13 bits per heavy atom. The maximum absolute atomic E-state index is 5.34. The molecule has 2 aromatic rings. The summed E-state index contributed by atoms with van der Waals surface area (Å²) >= 11 is 1.65. The van der Waals surface area contributed by atoms with Gasteiger partial charge in [-0.1, -0.05) is 11.8 Å². The number of pyridine rings is 1. The van der Waals surface area contributed by atoms with E-state index in [1.165, 1.54) is 0 Å². The van der Waals surface area contributed by atoms with Crippen molar-refractivity contribution >= 4 is 24.2 Å². The molecule has 0 saturated carbocycles. The number of thioether (sulfide) groups is 1. The van der Waals surface area contributed by atoms with Crippen LogP contribution in [0, 0.1) is 0 Å². The second kappa shape index (κ2) is 8.52. The molecule has 0 aliphatic carbocycles. The Balaban J connectivity index is 0.00000192. The number of rotatable bonds is 5. The monoisotopic (exact) mass is 355 g/mol.